The molecule has 1 aromatic heterocycles. The van der Waals surface area contributed by atoms with E-state index >= 15 is 0 Å². The third-order valence-electron chi connectivity index (χ3n) is 3.08. The van der Waals surface area contributed by atoms with E-state index in [2.05, 4.69) is 42.2 Å². The van der Waals surface area contributed by atoms with Crippen LogP contribution in [0, 0.1) is 11.3 Å². The van der Waals surface area contributed by atoms with Gasteiger partial charge in [-0.05, 0) is 46.3 Å². The van der Waals surface area contributed by atoms with Crippen LogP contribution in [-0.2, 0) is 0 Å². The van der Waals surface area contributed by atoms with Gasteiger partial charge in [0.15, 0.2) is 0 Å². The van der Waals surface area contributed by atoms with Crippen molar-refractivity contribution in [3.63, 3.8) is 0 Å². The third kappa shape index (κ3) is 4.72. The maximum Gasteiger partial charge on any atom is 0.101 e. The Labute approximate surface area is 110 Å². The van der Waals surface area contributed by atoms with Crippen molar-refractivity contribution < 1.29 is 0 Å². The van der Waals surface area contributed by atoms with E-state index in [1.165, 1.54) is 0 Å². The summed E-state index contributed by atoms with van der Waals surface area (Å²) in [5, 5.41) is 12.2. The minimum absolute atomic E-state index is 0.599. The molecule has 0 aliphatic heterocycles. The minimum Gasteiger partial charge on any atom is -0.383 e. The summed E-state index contributed by atoms with van der Waals surface area (Å²) in [4.78, 5) is 6.36. The van der Waals surface area contributed by atoms with Gasteiger partial charge in [0.05, 0.1) is 17.4 Å². The Kier molecular flexibility index (Phi) is 6.16. The molecule has 1 aromatic rings. The molecule has 0 saturated carbocycles. The lowest BCUT2D eigenvalue weighted by molar-refractivity contribution is 0.269. The van der Waals surface area contributed by atoms with Gasteiger partial charge in [0.1, 0.15) is 6.07 Å². The fourth-order valence-corrected chi connectivity index (χ4v) is 1.60. The topological polar surface area (TPSA) is 52.0 Å². The highest BCUT2D eigenvalue weighted by Gasteiger charge is 2.03. The van der Waals surface area contributed by atoms with Crippen molar-refractivity contribution in [3.05, 3.63) is 24.0 Å². The second kappa shape index (κ2) is 7.67. The van der Waals surface area contributed by atoms with Crippen LogP contribution in [0.2, 0.25) is 0 Å². The van der Waals surface area contributed by atoms with Crippen LogP contribution in [0.25, 0.3) is 0 Å². The summed E-state index contributed by atoms with van der Waals surface area (Å²) in [6.45, 7) is 6.39. The normalized spacial score (nSPS) is 10.7. The molecule has 0 unspecified atom stereocenters. The smallest absolute Gasteiger partial charge is 0.101 e. The maximum absolute atomic E-state index is 8.93. The molecule has 0 radical (unpaired) electrons. The number of nitrogens with one attached hydrogen (secondary N) is 1. The molecule has 0 aromatic carbocycles. The molecule has 0 saturated heterocycles. The summed E-state index contributed by atoms with van der Waals surface area (Å²) in [6, 6.07) is 4.49. The number of hydrogen-bond acceptors (Lipinski definition) is 4. The SMILES string of the molecule is CC(C)N(C)CCCCNc1cnccc1C#N. The van der Waals surface area contributed by atoms with Crippen molar-refractivity contribution >= 4 is 5.69 Å². The molecule has 0 aliphatic carbocycles. The Morgan fingerprint density at radius 1 is 1.44 bits per heavy atom. The predicted octanol–water partition coefficient (Wildman–Crippen LogP) is 2.49. The van der Waals surface area contributed by atoms with Gasteiger partial charge < -0.3 is 10.2 Å². The summed E-state index contributed by atoms with van der Waals surface area (Å²) in [5.41, 5.74) is 1.49. The highest BCUT2D eigenvalue weighted by Crippen LogP contribution is 2.11. The van der Waals surface area contributed by atoms with Crippen LogP contribution >= 0.6 is 0 Å². The fourth-order valence-electron chi connectivity index (χ4n) is 1.60. The first-order valence-electron chi connectivity index (χ1n) is 6.43. The van der Waals surface area contributed by atoms with Gasteiger partial charge in [-0.15, -0.1) is 0 Å². The highest BCUT2D eigenvalue weighted by atomic mass is 15.1. The van der Waals surface area contributed by atoms with Crippen molar-refractivity contribution in [2.75, 3.05) is 25.5 Å². The van der Waals surface area contributed by atoms with Gasteiger partial charge in [0.25, 0.3) is 0 Å². The number of nitrogens with zero attached hydrogens (tertiary/aromatic N) is 3. The summed E-state index contributed by atoms with van der Waals surface area (Å²) in [6.07, 6.45) is 5.60. The number of unbranched alkanes of at least 4 members (excludes halogenated alkanes) is 1. The van der Waals surface area contributed by atoms with Crippen LogP contribution in [-0.4, -0.2) is 36.1 Å². The van der Waals surface area contributed by atoms with Gasteiger partial charge >= 0.3 is 0 Å². The van der Waals surface area contributed by atoms with E-state index in [4.69, 9.17) is 5.26 Å². The monoisotopic (exact) mass is 246 g/mol. The molecule has 0 amide bonds. The summed E-state index contributed by atoms with van der Waals surface area (Å²) in [7, 11) is 2.15. The van der Waals surface area contributed by atoms with Crippen molar-refractivity contribution in [2.45, 2.75) is 32.7 Å². The van der Waals surface area contributed by atoms with Gasteiger partial charge in [-0.1, -0.05) is 0 Å². The quantitative estimate of drug-likeness (QED) is 0.751. The lowest BCUT2D eigenvalue weighted by Crippen LogP contribution is -2.27. The first-order valence-corrected chi connectivity index (χ1v) is 6.43. The van der Waals surface area contributed by atoms with Gasteiger partial charge in [-0.2, -0.15) is 5.26 Å². The lowest BCUT2D eigenvalue weighted by atomic mass is 10.2. The number of nitriles is 1. The molecule has 0 aliphatic rings. The van der Waals surface area contributed by atoms with Crippen LogP contribution in [0.4, 0.5) is 5.69 Å². The Hall–Kier alpha value is -1.60. The molecule has 4 heteroatoms. The highest BCUT2D eigenvalue weighted by molar-refractivity contribution is 5.55. The van der Waals surface area contributed by atoms with Crippen molar-refractivity contribution in [3.8, 4) is 6.07 Å². The molecule has 4 nitrogen and oxygen atoms in total. The summed E-state index contributed by atoms with van der Waals surface area (Å²) < 4.78 is 0. The largest absolute Gasteiger partial charge is 0.383 e. The fraction of sp³-hybridized carbons (Fsp3) is 0.571. The Morgan fingerprint density at radius 2 is 2.22 bits per heavy atom. The maximum atomic E-state index is 8.93. The zero-order chi connectivity index (χ0) is 13.4. The van der Waals surface area contributed by atoms with Gasteiger partial charge in [-0.25, -0.2) is 0 Å². The molecular formula is C14H22N4. The first kappa shape index (κ1) is 14.5. The molecule has 98 valence electrons. The van der Waals surface area contributed by atoms with E-state index in [0.29, 0.717) is 11.6 Å². The number of hydrogen-bond donors (Lipinski definition) is 1. The van der Waals surface area contributed by atoms with E-state index in [1.807, 2.05) is 0 Å². The van der Waals surface area contributed by atoms with E-state index in [9.17, 15) is 0 Å². The minimum atomic E-state index is 0.599. The average Bonchev–Trinajstić information content (AvgIpc) is 2.38. The number of anilines is 1. The van der Waals surface area contributed by atoms with Crippen LogP contribution in [0.15, 0.2) is 18.5 Å². The standard InChI is InChI=1S/C14H22N4/c1-12(2)18(3)9-5-4-7-17-14-11-16-8-6-13(14)10-15/h6,8,11-12,17H,4-5,7,9H2,1-3H3. The second-order valence-corrected chi connectivity index (χ2v) is 4.74. The molecule has 1 heterocycles. The van der Waals surface area contributed by atoms with Gasteiger partial charge in [-0.3, -0.25) is 4.98 Å². The zero-order valence-corrected chi connectivity index (χ0v) is 11.5. The van der Waals surface area contributed by atoms with E-state index in [0.717, 1.165) is 31.6 Å². The molecule has 1 N–H and O–H groups in total. The first-order chi connectivity index (χ1) is 8.65. The van der Waals surface area contributed by atoms with Crippen LogP contribution in [0.5, 0.6) is 0 Å². The number of aromatic nitrogens is 1. The number of rotatable bonds is 7. The zero-order valence-electron chi connectivity index (χ0n) is 11.5. The van der Waals surface area contributed by atoms with Crippen LogP contribution < -0.4 is 5.32 Å². The Bertz CT molecular complexity index is 395. The summed E-state index contributed by atoms with van der Waals surface area (Å²) in [5.74, 6) is 0. The van der Waals surface area contributed by atoms with E-state index in [-0.39, 0.29) is 0 Å². The average molecular weight is 246 g/mol. The van der Waals surface area contributed by atoms with Crippen molar-refractivity contribution in [2.24, 2.45) is 0 Å². The van der Waals surface area contributed by atoms with Crippen molar-refractivity contribution in [1.82, 2.24) is 9.88 Å². The van der Waals surface area contributed by atoms with E-state index < -0.39 is 0 Å². The molecule has 0 bridgehead atoms. The molecule has 0 atom stereocenters. The van der Waals surface area contributed by atoms with Gasteiger partial charge in [0.2, 0.25) is 0 Å². The van der Waals surface area contributed by atoms with Gasteiger partial charge in [0, 0.05) is 18.8 Å². The molecule has 18 heavy (non-hydrogen) atoms. The van der Waals surface area contributed by atoms with E-state index in [1.54, 1.807) is 18.5 Å². The number of pyridine rings is 1. The Morgan fingerprint density at radius 3 is 2.89 bits per heavy atom. The molecule has 1 rings (SSSR count). The third-order valence-corrected chi connectivity index (χ3v) is 3.08. The predicted molar refractivity (Wildman–Crippen MR) is 74.4 cm³/mol. The van der Waals surface area contributed by atoms with Crippen LogP contribution in [0.3, 0.4) is 0 Å². The lowest BCUT2D eigenvalue weighted by Gasteiger charge is -2.20. The van der Waals surface area contributed by atoms with Crippen molar-refractivity contribution in [1.29, 1.82) is 5.26 Å². The molecule has 0 fully saturated rings. The van der Waals surface area contributed by atoms with Crippen LogP contribution in [0.1, 0.15) is 32.3 Å². The Balaban J connectivity index is 2.24. The molecular weight excluding hydrogens is 224 g/mol. The summed E-state index contributed by atoms with van der Waals surface area (Å²) >= 11 is 0. The molecule has 0 spiro atoms. The second-order valence-electron chi connectivity index (χ2n) is 4.74.